The van der Waals surface area contributed by atoms with E-state index < -0.39 is 10.0 Å². The molecule has 1 saturated heterocycles. The molecule has 0 atom stereocenters. The normalized spacial score (nSPS) is 15.5. The summed E-state index contributed by atoms with van der Waals surface area (Å²) in [4.78, 5) is 21.8. The lowest BCUT2D eigenvalue weighted by molar-refractivity contribution is -0.132. The molecule has 1 amide bonds. The average molecular weight is 455 g/mol. The second-order valence-corrected chi connectivity index (χ2v) is 9.73. The molecule has 1 aromatic heterocycles. The maximum absolute atomic E-state index is 12.7. The highest BCUT2D eigenvalue weighted by molar-refractivity contribution is 7.89. The van der Waals surface area contributed by atoms with Crippen molar-refractivity contribution in [1.82, 2.24) is 19.2 Å². The first-order valence-electron chi connectivity index (χ1n) is 9.28. The lowest BCUT2D eigenvalue weighted by Crippen LogP contribution is -2.50. The van der Waals surface area contributed by atoms with Crippen molar-refractivity contribution in [2.45, 2.75) is 31.6 Å². The fourth-order valence-electron chi connectivity index (χ4n) is 3.45. The van der Waals surface area contributed by atoms with E-state index in [1.807, 2.05) is 13.8 Å². The van der Waals surface area contributed by atoms with Crippen LogP contribution in [-0.4, -0.2) is 59.7 Å². The van der Waals surface area contributed by atoms with Crippen molar-refractivity contribution in [1.29, 1.82) is 0 Å². The smallest absolute Gasteiger partial charge is 0.243 e. The number of H-pyrrole nitrogens is 1. The molecule has 1 aliphatic heterocycles. The summed E-state index contributed by atoms with van der Waals surface area (Å²) in [6.07, 6.45) is 0.914. The summed E-state index contributed by atoms with van der Waals surface area (Å²) in [6, 6.07) is 6.12. The summed E-state index contributed by atoms with van der Waals surface area (Å²) in [7, 11) is -3.58. The Balaban J connectivity index is 1.58. The zero-order valence-electron chi connectivity index (χ0n) is 16.3. The summed E-state index contributed by atoms with van der Waals surface area (Å²) in [5.74, 6) is 0.00907. The fraction of sp³-hybridized carbons (Fsp3) is 0.421. The first-order valence-corrected chi connectivity index (χ1v) is 11.5. The fourth-order valence-corrected chi connectivity index (χ4v) is 5.29. The highest BCUT2D eigenvalue weighted by atomic mass is 35.5. The molecule has 0 unspecified atom stereocenters. The van der Waals surface area contributed by atoms with Crippen LogP contribution >= 0.6 is 23.8 Å². The topological polar surface area (TPSA) is 86.4 Å². The molecule has 1 fully saturated rings. The Morgan fingerprint density at radius 2 is 1.79 bits per heavy atom. The van der Waals surface area contributed by atoms with E-state index in [1.165, 1.54) is 16.4 Å². The molecular weight excluding hydrogens is 432 g/mol. The molecule has 7 nitrogen and oxygen atoms in total. The predicted octanol–water partition coefficient (Wildman–Crippen LogP) is 2.88. The van der Waals surface area contributed by atoms with E-state index in [0.717, 1.165) is 17.0 Å². The van der Waals surface area contributed by atoms with Gasteiger partial charge in [0.2, 0.25) is 15.9 Å². The zero-order chi connectivity index (χ0) is 21.2. The van der Waals surface area contributed by atoms with Gasteiger partial charge in [-0.2, -0.15) is 4.31 Å². The molecule has 0 bridgehead atoms. The van der Waals surface area contributed by atoms with Gasteiger partial charge < -0.3 is 9.88 Å². The highest BCUT2D eigenvalue weighted by Crippen LogP contribution is 2.20. The van der Waals surface area contributed by atoms with Gasteiger partial charge in [-0.05, 0) is 62.3 Å². The minimum Gasteiger partial charge on any atom is -0.340 e. The summed E-state index contributed by atoms with van der Waals surface area (Å²) in [5, 5.41) is 0.486. The summed E-state index contributed by atoms with van der Waals surface area (Å²) in [6.45, 7) is 5.10. The maximum atomic E-state index is 12.7. The molecule has 29 heavy (non-hydrogen) atoms. The predicted molar refractivity (Wildman–Crippen MR) is 114 cm³/mol. The number of nitrogens with zero attached hydrogens (tertiary/aromatic N) is 3. The molecule has 0 spiro atoms. The second-order valence-electron chi connectivity index (χ2n) is 6.97. The monoisotopic (exact) mass is 454 g/mol. The van der Waals surface area contributed by atoms with Crippen molar-refractivity contribution < 1.29 is 13.2 Å². The molecule has 156 valence electrons. The highest BCUT2D eigenvalue weighted by Gasteiger charge is 2.30. The number of nitrogens with one attached hydrogen (secondary N) is 1. The molecule has 2 aromatic rings. The van der Waals surface area contributed by atoms with Crippen LogP contribution in [0.5, 0.6) is 0 Å². The molecule has 1 aromatic carbocycles. The van der Waals surface area contributed by atoms with Gasteiger partial charge in [-0.1, -0.05) is 11.6 Å². The van der Waals surface area contributed by atoms with E-state index in [1.54, 1.807) is 17.0 Å². The molecular formula is C19H23ClN4O3S2. The van der Waals surface area contributed by atoms with Crippen LogP contribution < -0.4 is 0 Å². The Labute approximate surface area is 180 Å². The van der Waals surface area contributed by atoms with Gasteiger partial charge in [0.05, 0.1) is 4.90 Å². The van der Waals surface area contributed by atoms with Crippen molar-refractivity contribution >= 4 is 39.7 Å². The third-order valence-electron chi connectivity index (χ3n) is 5.08. The molecule has 3 rings (SSSR count). The number of benzene rings is 1. The lowest BCUT2D eigenvalue weighted by Gasteiger charge is -2.34. The van der Waals surface area contributed by atoms with Gasteiger partial charge in [-0.25, -0.2) is 13.4 Å². The largest absolute Gasteiger partial charge is 0.340 e. The first-order chi connectivity index (χ1) is 13.7. The van der Waals surface area contributed by atoms with E-state index in [2.05, 4.69) is 9.97 Å². The quantitative estimate of drug-likeness (QED) is 0.702. The Kier molecular flexibility index (Phi) is 6.72. The summed E-state index contributed by atoms with van der Waals surface area (Å²) < 4.78 is 27.3. The maximum Gasteiger partial charge on any atom is 0.243 e. The van der Waals surface area contributed by atoms with Crippen LogP contribution in [-0.2, 0) is 21.2 Å². The van der Waals surface area contributed by atoms with Crippen molar-refractivity contribution in [3.05, 3.63) is 51.0 Å². The van der Waals surface area contributed by atoms with E-state index in [4.69, 9.17) is 23.8 Å². The number of hydrogen-bond acceptors (Lipinski definition) is 5. The molecule has 0 radical (unpaired) electrons. The minimum absolute atomic E-state index is 0.00907. The zero-order valence-corrected chi connectivity index (χ0v) is 18.7. The number of rotatable bonds is 5. The number of aromatic nitrogens is 2. The van der Waals surface area contributed by atoms with Gasteiger partial charge in [0.15, 0.2) is 4.77 Å². The number of piperazine rings is 1. The molecule has 1 aliphatic rings. The van der Waals surface area contributed by atoms with Crippen molar-refractivity contribution in [3.63, 3.8) is 0 Å². The first kappa shape index (κ1) is 21.9. The number of hydrogen-bond donors (Lipinski definition) is 1. The average Bonchev–Trinajstić information content (AvgIpc) is 2.67. The number of halogens is 1. The van der Waals surface area contributed by atoms with E-state index >= 15 is 0 Å². The van der Waals surface area contributed by atoms with Gasteiger partial charge in [0, 0.05) is 49.0 Å². The number of amides is 1. The van der Waals surface area contributed by atoms with Crippen molar-refractivity contribution in [2.24, 2.45) is 0 Å². The van der Waals surface area contributed by atoms with E-state index in [-0.39, 0.29) is 23.9 Å². The number of aromatic amines is 1. The minimum atomic E-state index is -3.58. The van der Waals surface area contributed by atoms with Gasteiger partial charge in [0.25, 0.3) is 0 Å². The van der Waals surface area contributed by atoms with Crippen LogP contribution in [0.15, 0.2) is 29.2 Å². The third kappa shape index (κ3) is 5.03. The van der Waals surface area contributed by atoms with Crippen LogP contribution in [0.4, 0.5) is 0 Å². The van der Waals surface area contributed by atoms with Gasteiger partial charge in [0.1, 0.15) is 0 Å². The number of carbonyl (C=O) groups excluding carboxylic acids is 1. The lowest BCUT2D eigenvalue weighted by atomic mass is 10.1. The Bertz CT molecular complexity index is 1030. The van der Waals surface area contributed by atoms with Crippen molar-refractivity contribution in [2.75, 3.05) is 26.2 Å². The van der Waals surface area contributed by atoms with E-state index in [9.17, 15) is 13.2 Å². The van der Waals surface area contributed by atoms with Crippen LogP contribution in [0, 0.1) is 18.6 Å². The van der Waals surface area contributed by atoms with Gasteiger partial charge in [-0.15, -0.1) is 0 Å². The molecule has 0 saturated carbocycles. The molecule has 1 N–H and O–H groups in total. The van der Waals surface area contributed by atoms with Crippen molar-refractivity contribution in [3.8, 4) is 0 Å². The molecule has 10 heteroatoms. The number of aryl methyl sites for hydroxylation is 2. The van der Waals surface area contributed by atoms with Gasteiger partial charge in [-0.3, -0.25) is 4.79 Å². The number of carbonyl (C=O) groups is 1. The third-order valence-corrected chi connectivity index (χ3v) is 7.44. The summed E-state index contributed by atoms with van der Waals surface area (Å²) in [5.41, 5.74) is 2.75. The standard InChI is InChI=1S/C19H23ClN4O3S2/c1-13-17(14(2)22-19(28)21-13)7-8-18(25)23-9-11-24(12-10-23)29(26,27)16-5-3-15(20)4-6-16/h3-6H,7-12H2,1-2H3,(H,21,22,28). The molecule has 0 aliphatic carbocycles. The number of sulfonamides is 1. The molecule has 2 heterocycles. The summed E-state index contributed by atoms with van der Waals surface area (Å²) >= 11 is 10.9. The van der Waals surface area contributed by atoms with E-state index in [0.29, 0.717) is 35.7 Å². The van der Waals surface area contributed by atoms with Crippen LogP contribution in [0.2, 0.25) is 5.02 Å². The van der Waals surface area contributed by atoms with Crippen LogP contribution in [0.25, 0.3) is 0 Å². The Hall–Kier alpha value is -1.81. The second kappa shape index (κ2) is 8.91. The Morgan fingerprint density at radius 3 is 2.38 bits per heavy atom. The van der Waals surface area contributed by atoms with Gasteiger partial charge >= 0.3 is 0 Å². The SMILES string of the molecule is Cc1nc(=S)[nH]c(C)c1CCC(=O)N1CCN(S(=O)(=O)c2ccc(Cl)cc2)CC1. The Morgan fingerprint density at radius 1 is 1.17 bits per heavy atom. The van der Waals surface area contributed by atoms with Crippen LogP contribution in [0.1, 0.15) is 23.4 Å². The van der Waals surface area contributed by atoms with Crippen LogP contribution in [0.3, 0.4) is 0 Å².